The lowest BCUT2D eigenvalue weighted by atomic mass is 10.0. The van der Waals surface area contributed by atoms with Crippen molar-refractivity contribution < 1.29 is 27.8 Å². The number of benzene rings is 1. The number of hydrogen-bond donors (Lipinski definition) is 1. The maximum atomic E-state index is 12.5. The fraction of sp³-hybridized carbons (Fsp3) is 0.500. The Morgan fingerprint density at radius 2 is 2.06 bits per heavy atom. The molecule has 0 spiro atoms. The van der Waals surface area contributed by atoms with E-state index in [0.29, 0.717) is 13.2 Å². The largest absolute Gasteiger partial charge is 0.416 e. The lowest BCUT2D eigenvalue weighted by molar-refractivity contribution is -0.139. The van der Waals surface area contributed by atoms with Crippen LogP contribution in [0.5, 0.6) is 0 Å². The van der Waals surface area contributed by atoms with Crippen LogP contribution in [-0.4, -0.2) is 31.0 Å². The van der Waals surface area contributed by atoms with E-state index in [9.17, 15) is 18.3 Å². The number of halogens is 3. The molecule has 1 aliphatic rings. The molecule has 2 rings (SSSR count). The minimum absolute atomic E-state index is 0.178. The van der Waals surface area contributed by atoms with E-state index in [-0.39, 0.29) is 12.2 Å². The molecule has 0 saturated carbocycles. The van der Waals surface area contributed by atoms with Gasteiger partial charge < -0.3 is 14.6 Å². The Morgan fingerprint density at radius 3 is 2.67 bits per heavy atom. The molecule has 0 radical (unpaired) electrons. The van der Waals surface area contributed by atoms with Gasteiger partial charge in [-0.15, -0.1) is 0 Å². The zero-order valence-corrected chi connectivity index (χ0v) is 9.48. The first kappa shape index (κ1) is 13.3. The minimum atomic E-state index is -4.42. The molecule has 1 saturated heterocycles. The van der Waals surface area contributed by atoms with Crippen molar-refractivity contribution >= 4 is 0 Å². The number of rotatable bonds is 2. The van der Waals surface area contributed by atoms with Gasteiger partial charge in [-0.25, -0.2) is 0 Å². The van der Waals surface area contributed by atoms with Crippen LogP contribution in [-0.2, 0) is 15.7 Å². The molecule has 3 nitrogen and oxygen atoms in total. The summed E-state index contributed by atoms with van der Waals surface area (Å²) < 4.78 is 48.0. The SMILES string of the molecule is OC(c1cccc(C(F)(F)F)c1)C1COCCO1. The molecular weight excluding hydrogens is 249 g/mol. The van der Waals surface area contributed by atoms with Crippen LogP contribution in [0.4, 0.5) is 13.2 Å². The van der Waals surface area contributed by atoms with Crippen LogP contribution in [0.3, 0.4) is 0 Å². The van der Waals surface area contributed by atoms with Crippen molar-refractivity contribution in [2.24, 2.45) is 0 Å². The summed E-state index contributed by atoms with van der Waals surface area (Å²) in [5.74, 6) is 0. The predicted molar refractivity (Wildman–Crippen MR) is 57.0 cm³/mol. The van der Waals surface area contributed by atoms with E-state index in [1.165, 1.54) is 12.1 Å². The molecule has 0 aliphatic carbocycles. The van der Waals surface area contributed by atoms with Gasteiger partial charge in [0.15, 0.2) is 0 Å². The first-order valence-electron chi connectivity index (χ1n) is 5.53. The molecule has 2 atom stereocenters. The Bertz CT molecular complexity index is 400. The van der Waals surface area contributed by atoms with Gasteiger partial charge in [0.2, 0.25) is 0 Å². The Morgan fingerprint density at radius 1 is 1.28 bits per heavy atom. The standard InChI is InChI=1S/C12H13F3O3/c13-12(14,15)9-3-1-2-8(6-9)11(16)10-7-17-4-5-18-10/h1-3,6,10-11,16H,4-5,7H2. The molecule has 1 heterocycles. The average Bonchev–Trinajstić information content (AvgIpc) is 2.38. The van der Waals surface area contributed by atoms with Crippen molar-refractivity contribution in [3.05, 3.63) is 35.4 Å². The van der Waals surface area contributed by atoms with Crippen LogP contribution in [0, 0.1) is 0 Å². The molecule has 1 aromatic rings. The minimum Gasteiger partial charge on any atom is -0.386 e. The van der Waals surface area contributed by atoms with Gasteiger partial charge in [0, 0.05) is 0 Å². The van der Waals surface area contributed by atoms with Crippen molar-refractivity contribution in [1.82, 2.24) is 0 Å². The summed E-state index contributed by atoms with van der Waals surface area (Å²) in [7, 11) is 0. The summed E-state index contributed by atoms with van der Waals surface area (Å²) in [6, 6.07) is 4.61. The molecule has 1 fully saturated rings. The average molecular weight is 262 g/mol. The molecule has 2 unspecified atom stereocenters. The normalized spacial score (nSPS) is 22.8. The zero-order valence-electron chi connectivity index (χ0n) is 9.48. The Balaban J connectivity index is 2.17. The van der Waals surface area contributed by atoms with Crippen molar-refractivity contribution in [3.8, 4) is 0 Å². The summed E-state index contributed by atoms with van der Waals surface area (Å²) in [6.45, 7) is 0.948. The highest BCUT2D eigenvalue weighted by molar-refractivity contribution is 5.27. The monoisotopic (exact) mass is 262 g/mol. The number of hydrogen-bond acceptors (Lipinski definition) is 3. The topological polar surface area (TPSA) is 38.7 Å². The summed E-state index contributed by atoms with van der Waals surface area (Å²) in [4.78, 5) is 0. The Hall–Kier alpha value is -1.11. The molecule has 1 aliphatic heterocycles. The van der Waals surface area contributed by atoms with Crippen molar-refractivity contribution in [1.29, 1.82) is 0 Å². The van der Waals surface area contributed by atoms with E-state index in [1.807, 2.05) is 0 Å². The van der Waals surface area contributed by atoms with E-state index < -0.39 is 23.9 Å². The third-order valence-electron chi connectivity index (χ3n) is 2.75. The summed E-state index contributed by atoms with van der Waals surface area (Å²) >= 11 is 0. The Labute approximate surface area is 102 Å². The van der Waals surface area contributed by atoms with E-state index >= 15 is 0 Å². The molecular formula is C12H13F3O3. The number of aliphatic hydroxyl groups is 1. The number of ether oxygens (including phenoxy) is 2. The number of alkyl halides is 3. The maximum Gasteiger partial charge on any atom is 0.416 e. The second-order valence-electron chi connectivity index (χ2n) is 4.05. The maximum absolute atomic E-state index is 12.5. The highest BCUT2D eigenvalue weighted by Crippen LogP contribution is 2.31. The summed E-state index contributed by atoms with van der Waals surface area (Å²) in [5.41, 5.74) is -0.601. The van der Waals surface area contributed by atoms with E-state index in [2.05, 4.69) is 0 Å². The van der Waals surface area contributed by atoms with E-state index in [4.69, 9.17) is 9.47 Å². The van der Waals surface area contributed by atoms with Gasteiger partial charge in [-0.1, -0.05) is 12.1 Å². The molecule has 1 N–H and O–H groups in total. The van der Waals surface area contributed by atoms with Crippen molar-refractivity contribution in [2.45, 2.75) is 18.4 Å². The molecule has 100 valence electrons. The summed E-state index contributed by atoms with van der Waals surface area (Å²) in [5, 5.41) is 9.96. The van der Waals surface area contributed by atoms with Gasteiger partial charge in [0.1, 0.15) is 12.2 Å². The van der Waals surface area contributed by atoms with Gasteiger partial charge in [-0.05, 0) is 17.7 Å². The summed E-state index contributed by atoms with van der Waals surface area (Å²) in [6.07, 6.45) is -6.16. The van der Waals surface area contributed by atoms with Gasteiger partial charge in [-0.3, -0.25) is 0 Å². The predicted octanol–water partition coefficient (Wildman–Crippen LogP) is 2.15. The van der Waals surface area contributed by atoms with Crippen LogP contribution in [0.15, 0.2) is 24.3 Å². The second kappa shape index (κ2) is 5.26. The van der Waals surface area contributed by atoms with Crippen LogP contribution < -0.4 is 0 Å². The highest BCUT2D eigenvalue weighted by Gasteiger charge is 2.32. The van der Waals surface area contributed by atoms with Crippen LogP contribution in [0.1, 0.15) is 17.2 Å². The molecule has 0 amide bonds. The highest BCUT2D eigenvalue weighted by atomic mass is 19.4. The third kappa shape index (κ3) is 3.01. The van der Waals surface area contributed by atoms with Crippen molar-refractivity contribution in [2.75, 3.05) is 19.8 Å². The van der Waals surface area contributed by atoms with Gasteiger partial charge in [0.25, 0.3) is 0 Å². The molecule has 18 heavy (non-hydrogen) atoms. The van der Waals surface area contributed by atoms with Crippen LogP contribution in [0.25, 0.3) is 0 Å². The van der Waals surface area contributed by atoms with Crippen molar-refractivity contribution in [3.63, 3.8) is 0 Å². The smallest absolute Gasteiger partial charge is 0.386 e. The Kier molecular flexibility index (Phi) is 3.89. The van der Waals surface area contributed by atoms with Crippen LogP contribution in [0.2, 0.25) is 0 Å². The number of aliphatic hydroxyl groups excluding tert-OH is 1. The van der Waals surface area contributed by atoms with Gasteiger partial charge in [0.05, 0.1) is 25.4 Å². The third-order valence-corrected chi connectivity index (χ3v) is 2.75. The fourth-order valence-electron chi connectivity index (χ4n) is 1.80. The first-order valence-corrected chi connectivity index (χ1v) is 5.53. The van der Waals surface area contributed by atoms with E-state index in [0.717, 1.165) is 12.1 Å². The van der Waals surface area contributed by atoms with Gasteiger partial charge in [-0.2, -0.15) is 13.2 Å². The molecule has 0 bridgehead atoms. The first-order chi connectivity index (χ1) is 8.48. The lowest BCUT2D eigenvalue weighted by Crippen LogP contribution is -2.33. The molecule has 0 aromatic heterocycles. The van der Waals surface area contributed by atoms with E-state index in [1.54, 1.807) is 0 Å². The second-order valence-corrected chi connectivity index (χ2v) is 4.05. The van der Waals surface area contributed by atoms with Crippen LogP contribution >= 0.6 is 0 Å². The van der Waals surface area contributed by atoms with Gasteiger partial charge >= 0.3 is 6.18 Å². The quantitative estimate of drug-likeness (QED) is 0.887. The lowest BCUT2D eigenvalue weighted by Gasteiger charge is -2.27. The molecule has 1 aromatic carbocycles. The fourth-order valence-corrected chi connectivity index (χ4v) is 1.80. The zero-order chi connectivity index (χ0) is 13.2. The molecule has 6 heteroatoms.